The van der Waals surface area contributed by atoms with Crippen LogP contribution in [0, 0.1) is 20.2 Å². The molecule has 0 spiro atoms. The van der Waals surface area contributed by atoms with Crippen LogP contribution in [0.5, 0.6) is 0 Å². The van der Waals surface area contributed by atoms with Gasteiger partial charge in [0.2, 0.25) is 11.6 Å². The van der Waals surface area contributed by atoms with Gasteiger partial charge in [0.1, 0.15) is 0 Å². The number of nitrogens with two attached hydrogens (primary N) is 2. The molecular formula is C16H16N8O6. The number of pyridine rings is 2. The highest BCUT2D eigenvalue weighted by Crippen LogP contribution is 2.23. The number of nitro groups is 2. The van der Waals surface area contributed by atoms with Gasteiger partial charge in [-0.05, 0) is 0 Å². The van der Waals surface area contributed by atoms with Crippen LogP contribution in [0.3, 0.4) is 0 Å². The van der Waals surface area contributed by atoms with Crippen LogP contribution in [-0.2, 0) is 0 Å². The molecule has 6 N–H and O–H groups in total. The van der Waals surface area contributed by atoms with Crippen LogP contribution in [0.1, 0.15) is 20.7 Å². The minimum atomic E-state index is -0.838. The van der Waals surface area contributed by atoms with Crippen molar-refractivity contribution < 1.29 is 19.4 Å². The van der Waals surface area contributed by atoms with Gasteiger partial charge < -0.3 is 22.1 Å². The lowest BCUT2D eigenvalue weighted by Gasteiger charge is -2.05. The number of nitrogens with zero attached hydrogens (tertiary/aromatic N) is 4. The molecule has 0 fully saturated rings. The number of hydrogen-bond donors (Lipinski definition) is 4. The fourth-order valence-electron chi connectivity index (χ4n) is 2.20. The molecule has 0 aliphatic carbocycles. The van der Waals surface area contributed by atoms with Crippen LogP contribution in [-0.4, -0.2) is 44.7 Å². The van der Waals surface area contributed by atoms with Gasteiger partial charge in [0, 0.05) is 37.6 Å². The minimum absolute atomic E-state index is 0.0537. The Balaban J connectivity index is 1.97. The molecule has 2 aromatic heterocycles. The predicted octanol–water partition coefficient (Wildman–Crippen LogP) is 0.571. The molecular weight excluding hydrogens is 400 g/mol. The molecule has 2 rings (SSSR count). The van der Waals surface area contributed by atoms with Crippen molar-refractivity contribution >= 4 is 34.8 Å². The molecule has 0 atom stereocenters. The van der Waals surface area contributed by atoms with Crippen LogP contribution >= 0.6 is 0 Å². The van der Waals surface area contributed by atoms with Crippen molar-refractivity contribution in [2.45, 2.75) is 0 Å². The van der Waals surface area contributed by atoms with E-state index in [1.54, 1.807) is 12.2 Å². The van der Waals surface area contributed by atoms with E-state index in [0.717, 1.165) is 24.5 Å². The Hall–Kier alpha value is -4.62. The van der Waals surface area contributed by atoms with Gasteiger partial charge >= 0.3 is 11.4 Å². The molecule has 0 unspecified atom stereocenters. The molecule has 0 aliphatic heterocycles. The second-order valence-corrected chi connectivity index (χ2v) is 5.66. The molecule has 0 radical (unpaired) electrons. The van der Waals surface area contributed by atoms with Crippen molar-refractivity contribution in [3.05, 3.63) is 68.0 Å². The fraction of sp³-hybridized carbons (Fsp3) is 0.125. The summed E-state index contributed by atoms with van der Waals surface area (Å²) in [7, 11) is 0. The Kier molecular flexibility index (Phi) is 6.89. The van der Waals surface area contributed by atoms with Crippen LogP contribution in [0.2, 0.25) is 0 Å². The lowest BCUT2D eigenvalue weighted by molar-refractivity contribution is -0.384. The molecule has 0 aromatic carbocycles. The van der Waals surface area contributed by atoms with Gasteiger partial charge in [-0.15, -0.1) is 0 Å². The normalized spacial score (nSPS) is 10.5. The smallest absolute Gasteiger partial charge is 0.312 e. The number of nitrogens with one attached hydrogen (secondary N) is 2. The number of carbonyl (C=O) groups is 2. The Morgan fingerprint density at radius 3 is 1.53 bits per heavy atom. The van der Waals surface area contributed by atoms with Crippen molar-refractivity contribution in [2.75, 3.05) is 23.7 Å². The zero-order chi connectivity index (χ0) is 22.3. The Morgan fingerprint density at radius 1 is 0.867 bits per heavy atom. The molecule has 0 aliphatic rings. The topological polar surface area (TPSA) is 222 Å². The minimum Gasteiger partial charge on any atom is -0.366 e. The summed E-state index contributed by atoms with van der Waals surface area (Å²) in [4.78, 5) is 50.6. The van der Waals surface area contributed by atoms with Gasteiger partial charge in [0.05, 0.1) is 21.0 Å². The van der Waals surface area contributed by atoms with Crippen LogP contribution in [0.25, 0.3) is 0 Å². The quantitative estimate of drug-likeness (QED) is 0.239. The van der Waals surface area contributed by atoms with E-state index in [9.17, 15) is 29.8 Å². The molecule has 2 aromatic rings. The number of aromatic nitrogens is 2. The third-order valence-electron chi connectivity index (χ3n) is 3.64. The van der Waals surface area contributed by atoms with E-state index < -0.39 is 33.0 Å². The van der Waals surface area contributed by atoms with Gasteiger partial charge in [0.15, 0.2) is 0 Å². The first-order chi connectivity index (χ1) is 14.2. The highest BCUT2D eigenvalue weighted by atomic mass is 16.6. The summed E-state index contributed by atoms with van der Waals surface area (Å²) in [5.41, 5.74) is 9.15. The maximum absolute atomic E-state index is 11.1. The Labute approximate surface area is 168 Å². The zero-order valence-corrected chi connectivity index (χ0v) is 15.3. The van der Waals surface area contributed by atoms with Gasteiger partial charge in [-0.1, -0.05) is 12.2 Å². The molecule has 0 bridgehead atoms. The number of rotatable bonds is 10. The summed E-state index contributed by atoms with van der Waals surface area (Å²) < 4.78 is 0. The maximum atomic E-state index is 11.1. The first-order valence-electron chi connectivity index (χ1n) is 8.22. The lowest BCUT2D eigenvalue weighted by Crippen LogP contribution is -2.13. The number of primary amides is 2. The van der Waals surface area contributed by atoms with E-state index in [1.807, 2.05) is 0 Å². The van der Waals surface area contributed by atoms with Crippen molar-refractivity contribution in [1.82, 2.24) is 9.97 Å². The van der Waals surface area contributed by atoms with Gasteiger partial charge in [-0.2, -0.15) is 0 Å². The zero-order valence-electron chi connectivity index (χ0n) is 15.3. The Bertz CT molecular complexity index is 957. The van der Waals surface area contributed by atoms with Crippen molar-refractivity contribution in [3.63, 3.8) is 0 Å². The maximum Gasteiger partial charge on any atom is 0.312 e. The highest BCUT2D eigenvalue weighted by Gasteiger charge is 2.18. The van der Waals surface area contributed by atoms with Gasteiger partial charge in [-0.3, -0.25) is 29.8 Å². The molecule has 2 amide bonds. The predicted molar refractivity (Wildman–Crippen MR) is 105 cm³/mol. The Morgan fingerprint density at radius 2 is 1.23 bits per heavy atom. The summed E-state index contributed by atoms with van der Waals surface area (Å²) in [6.07, 6.45) is 5.40. The third-order valence-corrected chi connectivity index (χ3v) is 3.64. The van der Waals surface area contributed by atoms with Crippen LogP contribution in [0.15, 0.2) is 36.7 Å². The number of carbonyl (C=O) groups excluding carboxylic acids is 2. The molecule has 0 saturated carbocycles. The largest absolute Gasteiger partial charge is 0.366 e. The van der Waals surface area contributed by atoms with Crippen molar-refractivity contribution in [3.8, 4) is 0 Å². The van der Waals surface area contributed by atoms with E-state index >= 15 is 0 Å². The van der Waals surface area contributed by atoms with E-state index in [0.29, 0.717) is 0 Å². The molecule has 2 heterocycles. The summed E-state index contributed by atoms with van der Waals surface area (Å²) in [5.74, 6) is -1.78. The monoisotopic (exact) mass is 416 g/mol. The fourth-order valence-corrected chi connectivity index (χ4v) is 2.20. The third kappa shape index (κ3) is 5.44. The second-order valence-electron chi connectivity index (χ2n) is 5.66. The van der Waals surface area contributed by atoms with E-state index in [1.165, 1.54) is 0 Å². The van der Waals surface area contributed by atoms with Crippen LogP contribution in [0.4, 0.5) is 23.0 Å². The summed E-state index contributed by atoms with van der Waals surface area (Å²) >= 11 is 0. The average Bonchev–Trinajstić information content (AvgIpc) is 2.70. The van der Waals surface area contributed by atoms with Gasteiger partial charge in [-0.25, -0.2) is 9.97 Å². The van der Waals surface area contributed by atoms with E-state index in [2.05, 4.69) is 20.6 Å². The lowest BCUT2D eigenvalue weighted by atomic mass is 10.2. The van der Waals surface area contributed by atoms with Crippen molar-refractivity contribution in [1.29, 1.82) is 0 Å². The van der Waals surface area contributed by atoms with E-state index in [-0.39, 0.29) is 35.9 Å². The molecule has 14 heteroatoms. The number of amides is 2. The SMILES string of the molecule is NC(=O)c1cnc(NC/C=C/CNc2ncc(C(N)=O)cc2[N+](=O)[O-])c([N+](=O)[O-])c1. The first-order valence-corrected chi connectivity index (χ1v) is 8.22. The summed E-state index contributed by atoms with van der Waals surface area (Å²) in [5, 5.41) is 27.6. The van der Waals surface area contributed by atoms with E-state index in [4.69, 9.17) is 11.5 Å². The van der Waals surface area contributed by atoms with Crippen molar-refractivity contribution in [2.24, 2.45) is 11.5 Å². The molecule has 14 nitrogen and oxygen atoms in total. The first kappa shape index (κ1) is 21.7. The van der Waals surface area contributed by atoms with Crippen LogP contribution < -0.4 is 22.1 Å². The number of hydrogen-bond acceptors (Lipinski definition) is 10. The summed E-state index contributed by atoms with van der Waals surface area (Å²) in [6, 6.07) is 2.03. The molecule has 0 saturated heterocycles. The average molecular weight is 416 g/mol. The molecule has 30 heavy (non-hydrogen) atoms. The molecule has 156 valence electrons. The van der Waals surface area contributed by atoms with Gasteiger partial charge in [0.25, 0.3) is 11.8 Å². The number of anilines is 2. The standard InChI is InChI=1S/C16H16N8O6/c17-13(25)9-5-11(23(27)28)15(21-7-9)19-3-1-2-4-20-16-12(24(29)30)6-10(8-22-16)14(18)26/h1-2,5-8H,3-4H2,(H2,17,25)(H2,18,26)(H,19,21)(H,20,22)/b2-1+. The second kappa shape index (κ2) is 9.54. The highest BCUT2D eigenvalue weighted by molar-refractivity contribution is 5.94. The summed E-state index contributed by atoms with van der Waals surface area (Å²) in [6.45, 7) is 0.281.